The minimum absolute atomic E-state index is 0.341. The van der Waals surface area contributed by atoms with Crippen molar-refractivity contribution in [1.29, 1.82) is 0 Å². The number of nitrogens with one attached hydrogen (secondary N) is 1. The Bertz CT molecular complexity index is 647. The second-order valence-corrected chi connectivity index (χ2v) is 9.60. The summed E-state index contributed by atoms with van der Waals surface area (Å²) in [4.78, 5) is 17.2. The standard InChI is InChI=1S/C23H38N4O2/c1-26-9-11-27(12-10-26)23(28)15-19-7-8-24-17-20(19)14-21-16-22(29-25-21)13-18-5-3-2-4-6-18/h16,18-20,24H,2-15,17H2,1H3/t19-,20+/m1/s1. The van der Waals surface area contributed by atoms with Crippen LogP contribution in [0, 0.1) is 17.8 Å². The Hall–Kier alpha value is -1.40. The first-order valence-electron chi connectivity index (χ1n) is 11.8. The molecule has 0 unspecified atom stereocenters. The van der Waals surface area contributed by atoms with Crippen LogP contribution in [0.4, 0.5) is 0 Å². The zero-order chi connectivity index (χ0) is 20.1. The van der Waals surface area contributed by atoms with Crippen molar-refractivity contribution >= 4 is 5.91 Å². The molecule has 1 aliphatic carbocycles. The van der Waals surface area contributed by atoms with Crippen LogP contribution in [0.25, 0.3) is 0 Å². The van der Waals surface area contributed by atoms with E-state index in [0.717, 1.165) is 75.9 Å². The van der Waals surface area contributed by atoms with Crippen LogP contribution in [0.5, 0.6) is 0 Å². The SMILES string of the molecule is CN1CCN(C(=O)C[C@H]2CCNC[C@@H]2Cc2cc(CC3CCCCC3)on2)CC1. The molecule has 6 nitrogen and oxygen atoms in total. The molecule has 1 saturated carbocycles. The first-order chi connectivity index (χ1) is 14.2. The second kappa shape index (κ2) is 10.1. The van der Waals surface area contributed by atoms with Crippen molar-refractivity contribution in [2.24, 2.45) is 17.8 Å². The topological polar surface area (TPSA) is 61.6 Å². The zero-order valence-corrected chi connectivity index (χ0v) is 18.1. The van der Waals surface area contributed by atoms with Crippen LogP contribution in [0.15, 0.2) is 10.6 Å². The van der Waals surface area contributed by atoms with Gasteiger partial charge in [-0.25, -0.2) is 0 Å². The van der Waals surface area contributed by atoms with Gasteiger partial charge in [0.05, 0.1) is 5.69 Å². The van der Waals surface area contributed by atoms with Gasteiger partial charge in [-0.1, -0.05) is 37.3 Å². The van der Waals surface area contributed by atoms with Crippen LogP contribution >= 0.6 is 0 Å². The van der Waals surface area contributed by atoms with Gasteiger partial charge in [0.1, 0.15) is 5.76 Å². The van der Waals surface area contributed by atoms with Crippen molar-refractivity contribution in [1.82, 2.24) is 20.3 Å². The Balaban J connectivity index is 1.30. The Morgan fingerprint density at radius 1 is 1.10 bits per heavy atom. The molecule has 4 rings (SSSR count). The molecular formula is C23H38N4O2. The molecule has 1 aromatic heterocycles. The fourth-order valence-corrected chi connectivity index (χ4v) is 5.39. The zero-order valence-electron chi connectivity index (χ0n) is 18.1. The second-order valence-electron chi connectivity index (χ2n) is 9.60. The summed E-state index contributed by atoms with van der Waals surface area (Å²) in [6, 6.07) is 2.18. The number of aromatic nitrogens is 1. The first-order valence-corrected chi connectivity index (χ1v) is 11.8. The van der Waals surface area contributed by atoms with Crippen LogP contribution in [0.1, 0.15) is 56.4 Å². The lowest BCUT2D eigenvalue weighted by Gasteiger charge is -2.36. The van der Waals surface area contributed by atoms with E-state index in [1.54, 1.807) is 0 Å². The third-order valence-electron chi connectivity index (χ3n) is 7.35. The predicted octanol–water partition coefficient (Wildman–Crippen LogP) is 2.73. The smallest absolute Gasteiger partial charge is 0.222 e. The summed E-state index contributed by atoms with van der Waals surface area (Å²) in [5.41, 5.74) is 1.07. The van der Waals surface area contributed by atoms with Gasteiger partial charge in [-0.05, 0) is 50.7 Å². The number of piperazine rings is 1. The third-order valence-corrected chi connectivity index (χ3v) is 7.35. The number of carbonyl (C=O) groups excluding carboxylic acids is 1. The number of carbonyl (C=O) groups is 1. The van der Waals surface area contributed by atoms with E-state index in [4.69, 9.17) is 4.52 Å². The molecule has 0 radical (unpaired) electrons. The van der Waals surface area contributed by atoms with Gasteiger partial charge < -0.3 is 19.6 Å². The summed E-state index contributed by atoms with van der Waals surface area (Å²) >= 11 is 0. The maximum atomic E-state index is 12.8. The molecule has 0 aromatic carbocycles. The van der Waals surface area contributed by atoms with Crippen molar-refractivity contribution in [2.45, 2.75) is 57.8 Å². The monoisotopic (exact) mass is 402 g/mol. The highest BCUT2D eigenvalue weighted by molar-refractivity contribution is 5.76. The van der Waals surface area contributed by atoms with Gasteiger partial charge in [-0.3, -0.25) is 4.79 Å². The summed E-state index contributed by atoms with van der Waals surface area (Å²) in [5, 5.41) is 7.91. The molecule has 6 heteroatoms. The molecule has 162 valence electrons. The molecule has 1 amide bonds. The Kier molecular flexibility index (Phi) is 7.24. The quantitative estimate of drug-likeness (QED) is 0.793. The van der Waals surface area contributed by atoms with Gasteiger partial charge in [-0.2, -0.15) is 0 Å². The van der Waals surface area contributed by atoms with E-state index in [9.17, 15) is 4.79 Å². The van der Waals surface area contributed by atoms with Crippen molar-refractivity contribution in [3.63, 3.8) is 0 Å². The minimum atomic E-state index is 0.341. The van der Waals surface area contributed by atoms with E-state index >= 15 is 0 Å². The van der Waals surface area contributed by atoms with E-state index in [-0.39, 0.29) is 0 Å². The van der Waals surface area contributed by atoms with Crippen molar-refractivity contribution in [3.8, 4) is 0 Å². The molecule has 3 fully saturated rings. The highest BCUT2D eigenvalue weighted by atomic mass is 16.5. The number of hydrogen-bond acceptors (Lipinski definition) is 5. The average molecular weight is 403 g/mol. The van der Waals surface area contributed by atoms with Gasteiger partial charge in [0.2, 0.25) is 5.91 Å². The number of likely N-dealkylation sites (N-methyl/N-ethyl adjacent to an activating group) is 1. The largest absolute Gasteiger partial charge is 0.361 e. The highest BCUT2D eigenvalue weighted by Crippen LogP contribution is 2.29. The normalized spacial score (nSPS) is 27.3. The van der Waals surface area contributed by atoms with Crippen LogP contribution in [-0.2, 0) is 17.6 Å². The maximum Gasteiger partial charge on any atom is 0.222 e. The molecule has 2 saturated heterocycles. The molecule has 2 atom stereocenters. The van der Waals surface area contributed by atoms with Gasteiger partial charge >= 0.3 is 0 Å². The molecule has 3 heterocycles. The Morgan fingerprint density at radius 2 is 1.90 bits per heavy atom. The molecule has 1 aromatic rings. The molecule has 2 aliphatic heterocycles. The van der Waals surface area contributed by atoms with Crippen LogP contribution in [0.2, 0.25) is 0 Å². The maximum absolute atomic E-state index is 12.8. The summed E-state index contributed by atoms with van der Waals surface area (Å²) in [6.07, 6.45) is 10.5. The number of hydrogen-bond donors (Lipinski definition) is 1. The molecule has 0 bridgehead atoms. The van der Waals surface area contributed by atoms with E-state index in [0.29, 0.717) is 24.2 Å². The predicted molar refractivity (Wildman–Crippen MR) is 114 cm³/mol. The molecular weight excluding hydrogens is 364 g/mol. The molecule has 3 aliphatic rings. The lowest BCUT2D eigenvalue weighted by molar-refractivity contribution is -0.134. The summed E-state index contributed by atoms with van der Waals surface area (Å²) < 4.78 is 5.68. The number of piperidine rings is 1. The average Bonchev–Trinajstić information content (AvgIpc) is 3.17. The van der Waals surface area contributed by atoms with E-state index in [2.05, 4.69) is 33.4 Å². The van der Waals surface area contributed by atoms with Crippen LogP contribution in [0.3, 0.4) is 0 Å². The number of rotatable bonds is 6. The molecule has 0 spiro atoms. The lowest BCUT2D eigenvalue weighted by Crippen LogP contribution is -2.48. The number of amides is 1. The fraction of sp³-hybridized carbons (Fsp3) is 0.826. The highest BCUT2D eigenvalue weighted by Gasteiger charge is 2.30. The third kappa shape index (κ3) is 5.82. The van der Waals surface area contributed by atoms with Crippen LogP contribution in [-0.4, -0.2) is 67.2 Å². The van der Waals surface area contributed by atoms with E-state index in [1.807, 2.05) is 0 Å². The molecule has 29 heavy (non-hydrogen) atoms. The van der Waals surface area contributed by atoms with E-state index < -0.39 is 0 Å². The molecule has 1 N–H and O–H groups in total. The number of nitrogens with zero attached hydrogens (tertiary/aromatic N) is 3. The van der Waals surface area contributed by atoms with Gasteiger partial charge in [-0.15, -0.1) is 0 Å². The minimum Gasteiger partial charge on any atom is -0.361 e. The van der Waals surface area contributed by atoms with Gasteiger partial charge in [0.15, 0.2) is 0 Å². The fourth-order valence-electron chi connectivity index (χ4n) is 5.39. The summed E-state index contributed by atoms with van der Waals surface area (Å²) in [5.74, 6) is 3.08. The van der Waals surface area contributed by atoms with Crippen LogP contribution < -0.4 is 5.32 Å². The Labute approximate surface area is 175 Å². The summed E-state index contributed by atoms with van der Waals surface area (Å²) in [6.45, 7) is 5.72. The first kappa shape index (κ1) is 20.9. The summed E-state index contributed by atoms with van der Waals surface area (Å²) in [7, 11) is 2.13. The van der Waals surface area contributed by atoms with E-state index in [1.165, 1.54) is 32.1 Å². The van der Waals surface area contributed by atoms with Crippen molar-refractivity contribution in [2.75, 3.05) is 46.3 Å². The van der Waals surface area contributed by atoms with Gasteiger partial charge in [0.25, 0.3) is 0 Å². The Morgan fingerprint density at radius 3 is 2.69 bits per heavy atom. The van der Waals surface area contributed by atoms with Crippen molar-refractivity contribution in [3.05, 3.63) is 17.5 Å². The lowest BCUT2D eigenvalue weighted by atomic mass is 9.80. The van der Waals surface area contributed by atoms with Gasteiger partial charge in [0, 0.05) is 45.1 Å². The van der Waals surface area contributed by atoms with Crippen molar-refractivity contribution < 1.29 is 9.32 Å².